The van der Waals surface area contributed by atoms with Crippen LogP contribution in [0, 0.1) is 0 Å². The van der Waals surface area contributed by atoms with Crippen molar-refractivity contribution in [3.05, 3.63) is 0 Å². The van der Waals surface area contributed by atoms with Crippen LogP contribution in [0.2, 0.25) is 0 Å². The Morgan fingerprint density at radius 3 is 1.60 bits per heavy atom. The predicted octanol–water partition coefficient (Wildman–Crippen LogP) is -0.405. The van der Waals surface area contributed by atoms with Gasteiger partial charge in [-0.3, -0.25) is 0 Å². The minimum atomic E-state index is 0. The summed E-state index contributed by atoms with van der Waals surface area (Å²) in [5.74, 6) is 0. The van der Waals surface area contributed by atoms with Gasteiger partial charge in [0, 0.05) is 41.5 Å². The third kappa shape index (κ3) is 27.4. The van der Waals surface area contributed by atoms with Crippen molar-refractivity contribution >= 4 is 4.09 Å². The van der Waals surface area contributed by atoms with Gasteiger partial charge >= 0.3 is 29.5 Å². The second-order valence-corrected chi connectivity index (χ2v) is 0.364. The van der Waals surface area contributed by atoms with Crippen LogP contribution < -0.4 is 0 Å². The fraction of sp³-hybridized carbons (Fsp3) is 0. The van der Waals surface area contributed by atoms with E-state index in [9.17, 15) is 0 Å². The molecule has 0 fully saturated rings. The minimum Gasteiger partial charge on any atom is 0 e. The van der Waals surface area contributed by atoms with Gasteiger partial charge in [0.2, 0.25) is 0 Å². The van der Waals surface area contributed by atoms with Crippen molar-refractivity contribution in [3.63, 3.8) is 0 Å². The van der Waals surface area contributed by atoms with E-state index in [1.807, 2.05) is 0 Å². The van der Waals surface area contributed by atoms with E-state index in [0.29, 0.717) is 0 Å². The quantitative estimate of drug-likeness (QED) is 0.400. The second kappa shape index (κ2) is 17.3. The first-order valence-electron chi connectivity index (χ1n) is 0.355. The Morgan fingerprint density at radius 1 is 1.60 bits per heavy atom. The van der Waals surface area contributed by atoms with Crippen LogP contribution in [0.25, 0.3) is 0 Å². The van der Waals surface area contributed by atoms with Gasteiger partial charge in [-0.2, -0.15) is 0 Å². The van der Waals surface area contributed by atoms with E-state index in [-0.39, 0.29) is 41.5 Å². The first-order chi connectivity index (χ1) is 1.41. The van der Waals surface area contributed by atoms with Crippen LogP contribution in [-0.2, 0) is 66.9 Å². The Bertz CT molecular complexity index is 32.6. The maximum Gasteiger partial charge on any atom is 0 e. The maximum absolute atomic E-state index is 8.60. The zero-order chi connectivity index (χ0) is 2.71. The topological polar surface area (TPSA) is 17.1 Å². The summed E-state index contributed by atoms with van der Waals surface area (Å²) >= 11 is 2.35. The molecule has 0 N–H and O–H groups in total. The molecule has 5 heavy (non-hydrogen) atoms. The average molecular weight is 517 g/mol. The van der Waals surface area contributed by atoms with E-state index in [0.717, 1.165) is 0 Å². The summed E-state index contributed by atoms with van der Waals surface area (Å²) in [6.45, 7) is 0. The molecule has 0 aliphatic heterocycles. The van der Waals surface area contributed by atoms with Gasteiger partial charge in [0.1, 0.15) is 0 Å². The zero-order valence-corrected chi connectivity index (χ0v) is 8.37. The zero-order valence-electron chi connectivity index (χ0n) is 1.90. The van der Waals surface area contributed by atoms with Crippen molar-refractivity contribution in [2.75, 3.05) is 0 Å². The SMILES string of the molecule is O=[C]=[Ag].[Pt].[Re]. The molecule has 1 radical (unpaired) electrons. The van der Waals surface area contributed by atoms with Crippen molar-refractivity contribution in [2.24, 2.45) is 0 Å². The second-order valence-electron chi connectivity index (χ2n) is 0.0615. The molecule has 0 aromatic heterocycles. The van der Waals surface area contributed by atoms with Gasteiger partial charge in [-0.05, 0) is 0 Å². The van der Waals surface area contributed by atoms with Gasteiger partial charge in [-0.15, -0.1) is 0 Å². The summed E-state index contributed by atoms with van der Waals surface area (Å²) in [4.78, 5) is 8.60. The number of carbonyl (C=O) groups excluding carboxylic acids is 1. The molecule has 0 aromatic rings. The molecular formula is CAgOPtRe. The number of hydrogen-bond acceptors (Lipinski definition) is 1. The molecule has 0 unspecified atom stereocenters. The van der Waals surface area contributed by atoms with Crippen LogP contribution in [0.3, 0.4) is 0 Å². The Balaban J connectivity index is -0.0000000200. The average Bonchev–Trinajstić information content (AvgIpc) is 0.918. The summed E-state index contributed by atoms with van der Waals surface area (Å²) < 4.78 is 1.31. The smallest absolute Gasteiger partial charge is 0 e. The molecule has 0 saturated carbocycles. The molecule has 0 saturated heterocycles. The fourth-order valence-corrected chi connectivity index (χ4v) is 0. The molecule has 0 aromatic carbocycles. The monoisotopic (exact) mass is 517 g/mol. The summed E-state index contributed by atoms with van der Waals surface area (Å²) in [5, 5.41) is 0. The van der Waals surface area contributed by atoms with E-state index in [4.69, 9.17) is 4.79 Å². The Kier molecular flexibility index (Phi) is 55.2. The largest absolute Gasteiger partial charge is 0 e. The van der Waals surface area contributed by atoms with E-state index >= 15 is 0 Å². The van der Waals surface area contributed by atoms with Crippen molar-refractivity contribution in [3.8, 4) is 0 Å². The third-order valence-corrected chi connectivity index (χ3v) is 0. The van der Waals surface area contributed by atoms with Gasteiger partial charge in [0.25, 0.3) is 0 Å². The summed E-state index contributed by atoms with van der Waals surface area (Å²) in [6.07, 6.45) is 0. The van der Waals surface area contributed by atoms with Gasteiger partial charge in [-0.25, -0.2) is 0 Å². The fourth-order valence-electron chi connectivity index (χ4n) is 0. The molecule has 4 heteroatoms. The van der Waals surface area contributed by atoms with E-state index in [1.54, 1.807) is 0 Å². The number of hydrogen-bond donors (Lipinski definition) is 0. The molecule has 0 atom stereocenters. The van der Waals surface area contributed by atoms with Gasteiger partial charge < -0.3 is 0 Å². The van der Waals surface area contributed by atoms with Crippen LogP contribution in [0.15, 0.2) is 0 Å². The van der Waals surface area contributed by atoms with E-state index in [2.05, 4.69) is 20.6 Å². The molecule has 0 rings (SSSR count). The van der Waals surface area contributed by atoms with Crippen molar-refractivity contribution in [1.82, 2.24) is 0 Å². The Morgan fingerprint density at radius 2 is 1.60 bits per heavy atom. The summed E-state index contributed by atoms with van der Waals surface area (Å²) in [5.41, 5.74) is 0. The van der Waals surface area contributed by atoms with E-state index in [1.165, 1.54) is 4.09 Å². The Labute approximate surface area is 70.2 Å². The van der Waals surface area contributed by atoms with Crippen LogP contribution in [-0.4, -0.2) is 4.09 Å². The van der Waals surface area contributed by atoms with Crippen LogP contribution in [0.1, 0.15) is 0 Å². The van der Waals surface area contributed by atoms with Crippen molar-refractivity contribution in [2.45, 2.75) is 0 Å². The van der Waals surface area contributed by atoms with Crippen molar-refractivity contribution in [1.29, 1.82) is 0 Å². The molecule has 1 nitrogen and oxygen atoms in total. The molecule has 0 aliphatic carbocycles. The maximum atomic E-state index is 8.60. The molecule has 0 amide bonds. The third-order valence-electron chi connectivity index (χ3n) is 0. The van der Waals surface area contributed by atoms with Crippen LogP contribution >= 0.6 is 0 Å². The first kappa shape index (κ1) is 15.9. The predicted molar refractivity (Wildman–Crippen MR) is 5.69 cm³/mol. The first-order valence-corrected chi connectivity index (χ1v) is 1.10. The molecule has 38 valence electrons. The number of rotatable bonds is 0. The molecule has 0 spiro atoms. The van der Waals surface area contributed by atoms with Gasteiger partial charge in [-0.1, -0.05) is 0 Å². The summed E-state index contributed by atoms with van der Waals surface area (Å²) in [6, 6.07) is 0. The summed E-state index contributed by atoms with van der Waals surface area (Å²) in [7, 11) is 0. The van der Waals surface area contributed by atoms with Crippen LogP contribution in [0.5, 0.6) is 0 Å². The molecule has 0 heterocycles. The van der Waals surface area contributed by atoms with Gasteiger partial charge in [0.15, 0.2) is 0 Å². The molecular weight excluding hydrogens is 517 g/mol. The minimum absolute atomic E-state index is 0. The molecule has 0 aliphatic rings. The Hall–Kier alpha value is 1.67. The standard InChI is InChI=1S/CO.Ag.Pt.Re/c1-2;;;. The molecule has 0 bridgehead atoms. The van der Waals surface area contributed by atoms with Gasteiger partial charge in [0.05, 0.1) is 0 Å². The normalized spacial score (nSPS) is 2.00. The van der Waals surface area contributed by atoms with Crippen molar-refractivity contribution < 1.29 is 66.9 Å². The van der Waals surface area contributed by atoms with Crippen LogP contribution in [0.4, 0.5) is 0 Å². The van der Waals surface area contributed by atoms with E-state index < -0.39 is 0 Å².